The monoisotopic (exact) mass is 483 g/mol. The highest BCUT2D eigenvalue weighted by molar-refractivity contribution is 7.90. The molecule has 2 heterocycles. The summed E-state index contributed by atoms with van der Waals surface area (Å²) in [6.07, 6.45) is 4.90. The first-order chi connectivity index (χ1) is 16.3. The second kappa shape index (κ2) is 10.6. The predicted octanol–water partition coefficient (Wildman–Crippen LogP) is 3.97. The number of hydrogen-bond acceptors (Lipinski definition) is 5. The fourth-order valence-electron chi connectivity index (χ4n) is 4.37. The van der Waals surface area contributed by atoms with Gasteiger partial charge in [-0.15, -0.1) is 0 Å². The number of rotatable bonds is 8. The zero-order valence-electron chi connectivity index (χ0n) is 19.9. The van der Waals surface area contributed by atoms with Crippen LogP contribution in [-0.4, -0.2) is 50.8 Å². The number of benzene rings is 2. The van der Waals surface area contributed by atoms with Crippen molar-refractivity contribution < 1.29 is 17.9 Å². The summed E-state index contributed by atoms with van der Waals surface area (Å²) in [5.41, 5.74) is 3.11. The largest absolute Gasteiger partial charge is 0.490 e. The van der Waals surface area contributed by atoms with E-state index in [1.54, 1.807) is 24.3 Å². The summed E-state index contributed by atoms with van der Waals surface area (Å²) in [6, 6.07) is 13.0. The first kappa shape index (κ1) is 24.3. The lowest BCUT2D eigenvalue weighted by Gasteiger charge is -2.32. The number of aryl methyl sites for hydroxylation is 2. The molecule has 0 unspecified atom stereocenters. The van der Waals surface area contributed by atoms with Gasteiger partial charge in [0, 0.05) is 44.5 Å². The zero-order chi connectivity index (χ0) is 24.1. The van der Waals surface area contributed by atoms with Crippen molar-refractivity contribution in [2.45, 2.75) is 63.4 Å². The number of carbonyl (C=O) groups is 1. The standard InChI is InChI=1S/C26H33N3O4S/c1-19-11-12-22(18-20(19)2)33-21-13-16-29(17-14-21)25(30)10-4-3-7-15-27-26-23-8-5-6-9-24(23)34(31,32)28-26/h5-6,8-9,11-12,18,21H,3-4,7,10,13-17H2,1-2H3,(H,27,28). The Morgan fingerprint density at radius 2 is 1.82 bits per heavy atom. The number of nitrogens with zero attached hydrogens (tertiary/aromatic N) is 2. The number of piperidine rings is 1. The molecule has 2 aromatic rings. The van der Waals surface area contributed by atoms with Gasteiger partial charge in [0.1, 0.15) is 17.7 Å². The minimum absolute atomic E-state index is 0.156. The number of aliphatic imine (C=N–C) groups is 1. The summed E-state index contributed by atoms with van der Waals surface area (Å²) < 4.78 is 32.9. The van der Waals surface area contributed by atoms with E-state index in [4.69, 9.17) is 4.74 Å². The molecule has 1 N–H and O–H groups in total. The molecule has 7 nitrogen and oxygen atoms in total. The molecule has 34 heavy (non-hydrogen) atoms. The Kier molecular flexibility index (Phi) is 7.56. The van der Waals surface area contributed by atoms with Crippen LogP contribution in [-0.2, 0) is 14.8 Å². The molecule has 0 spiro atoms. The molecular weight excluding hydrogens is 450 g/mol. The van der Waals surface area contributed by atoms with Crippen LogP contribution in [0, 0.1) is 13.8 Å². The van der Waals surface area contributed by atoms with Gasteiger partial charge in [0.15, 0.2) is 0 Å². The Bertz CT molecular complexity index is 1170. The van der Waals surface area contributed by atoms with Crippen molar-refractivity contribution in [1.82, 2.24) is 9.62 Å². The number of amidine groups is 1. The van der Waals surface area contributed by atoms with Crippen LogP contribution in [0.1, 0.15) is 55.2 Å². The van der Waals surface area contributed by atoms with E-state index < -0.39 is 10.0 Å². The van der Waals surface area contributed by atoms with Crippen molar-refractivity contribution in [2.75, 3.05) is 19.6 Å². The average Bonchev–Trinajstić information content (AvgIpc) is 3.09. The molecule has 1 amide bonds. The third-order valence-electron chi connectivity index (χ3n) is 6.56. The first-order valence-corrected chi connectivity index (χ1v) is 13.5. The van der Waals surface area contributed by atoms with E-state index in [1.807, 2.05) is 11.0 Å². The van der Waals surface area contributed by atoms with Gasteiger partial charge in [-0.1, -0.05) is 24.6 Å². The summed E-state index contributed by atoms with van der Waals surface area (Å²) in [4.78, 5) is 19.2. The number of sulfonamides is 1. The number of hydrogen-bond donors (Lipinski definition) is 1. The van der Waals surface area contributed by atoms with Crippen molar-refractivity contribution in [2.24, 2.45) is 4.99 Å². The van der Waals surface area contributed by atoms with Crippen molar-refractivity contribution in [3.8, 4) is 5.75 Å². The Hall–Kier alpha value is -2.87. The molecule has 4 rings (SSSR count). The summed E-state index contributed by atoms with van der Waals surface area (Å²) in [6.45, 7) is 6.19. The van der Waals surface area contributed by atoms with Gasteiger partial charge in [0.05, 0.1) is 4.90 Å². The fraction of sp³-hybridized carbons (Fsp3) is 0.462. The minimum atomic E-state index is -3.49. The Labute approximate surface area is 202 Å². The quantitative estimate of drug-likeness (QED) is 0.576. The molecule has 2 aliphatic rings. The minimum Gasteiger partial charge on any atom is -0.490 e. The number of amides is 1. The van der Waals surface area contributed by atoms with E-state index in [-0.39, 0.29) is 16.9 Å². The lowest BCUT2D eigenvalue weighted by Crippen LogP contribution is -2.41. The highest BCUT2D eigenvalue weighted by atomic mass is 32.2. The number of fused-ring (bicyclic) bond motifs is 1. The van der Waals surface area contributed by atoms with Crippen LogP contribution in [0.15, 0.2) is 52.4 Å². The highest BCUT2D eigenvalue weighted by Gasteiger charge is 2.30. The Morgan fingerprint density at radius 1 is 1.06 bits per heavy atom. The van der Waals surface area contributed by atoms with E-state index in [9.17, 15) is 13.2 Å². The van der Waals surface area contributed by atoms with Crippen LogP contribution in [0.25, 0.3) is 0 Å². The molecule has 0 radical (unpaired) electrons. The van der Waals surface area contributed by atoms with Gasteiger partial charge in [-0.2, -0.15) is 0 Å². The summed E-state index contributed by atoms with van der Waals surface area (Å²) in [7, 11) is -3.49. The fourth-order valence-corrected chi connectivity index (χ4v) is 5.62. The highest BCUT2D eigenvalue weighted by Crippen LogP contribution is 2.23. The lowest BCUT2D eigenvalue weighted by molar-refractivity contribution is -0.133. The average molecular weight is 484 g/mol. The maximum atomic E-state index is 12.6. The van der Waals surface area contributed by atoms with Gasteiger partial charge in [0.25, 0.3) is 10.0 Å². The number of likely N-dealkylation sites (tertiary alicyclic amines) is 1. The normalized spacial score (nSPS) is 18.5. The van der Waals surface area contributed by atoms with Crippen molar-refractivity contribution in [3.63, 3.8) is 0 Å². The molecule has 2 aliphatic heterocycles. The van der Waals surface area contributed by atoms with Crippen LogP contribution >= 0.6 is 0 Å². The summed E-state index contributed by atoms with van der Waals surface area (Å²) in [5.74, 6) is 1.52. The summed E-state index contributed by atoms with van der Waals surface area (Å²) >= 11 is 0. The van der Waals surface area contributed by atoms with E-state index in [2.05, 4.69) is 35.7 Å². The molecule has 0 saturated carbocycles. The topological polar surface area (TPSA) is 88.1 Å². The Balaban J connectivity index is 1.14. The van der Waals surface area contributed by atoms with Gasteiger partial charge in [-0.05, 0) is 62.1 Å². The maximum absolute atomic E-state index is 12.6. The lowest BCUT2D eigenvalue weighted by atomic mass is 10.1. The molecule has 0 aliphatic carbocycles. The second-order valence-electron chi connectivity index (χ2n) is 9.09. The van der Waals surface area contributed by atoms with Crippen LogP contribution in [0.5, 0.6) is 5.75 Å². The van der Waals surface area contributed by atoms with E-state index in [1.165, 1.54) is 11.1 Å². The van der Waals surface area contributed by atoms with Gasteiger partial charge in [-0.25, -0.2) is 8.42 Å². The smallest absolute Gasteiger partial charge is 0.263 e. The summed E-state index contributed by atoms with van der Waals surface area (Å²) in [5, 5.41) is 0. The number of ether oxygens (including phenoxy) is 1. The van der Waals surface area contributed by atoms with Crippen molar-refractivity contribution >= 4 is 21.8 Å². The number of carbonyl (C=O) groups excluding carboxylic acids is 1. The van der Waals surface area contributed by atoms with Crippen molar-refractivity contribution in [1.29, 1.82) is 0 Å². The van der Waals surface area contributed by atoms with Crippen LogP contribution in [0.3, 0.4) is 0 Å². The molecular formula is C26H33N3O4S. The SMILES string of the molecule is Cc1ccc(OC2CCN(C(=O)CCCCCN=C3NS(=O)(=O)c4ccccc43)CC2)cc1C. The molecule has 2 aromatic carbocycles. The molecule has 0 atom stereocenters. The third kappa shape index (κ3) is 5.78. The van der Waals surface area contributed by atoms with Crippen LogP contribution in [0.2, 0.25) is 0 Å². The molecule has 0 bridgehead atoms. The van der Waals surface area contributed by atoms with Crippen LogP contribution < -0.4 is 9.46 Å². The van der Waals surface area contributed by atoms with E-state index >= 15 is 0 Å². The van der Waals surface area contributed by atoms with Crippen molar-refractivity contribution in [3.05, 3.63) is 59.2 Å². The van der Waals surface area contributed by atoms with Gasteiger partial charge < -0.3 is 9.64 Å². The van der Waals surface area contributed by atoms with Gasteiger partial charge in [0.2, 0.25) is 5.91 Å². The zero-order valence-corrected chi connectivity index (χ0v) is 20.7. The predicted molar refractivity (Wildman–Crippen MR) is 133 cm³/mol. The van der Waals surface area contributed by atoms with E-state index in [0.717, 1.165) is 50.9 Å². The van der Waals surface area contributed by atoms with Gasteiger partial charge in [-0.3, -0.25) is 14.5 Å². The second-order valence-corrected chi connectivity index (χ2v) is 10.7. The Morgan fingerprint density at radius 3 is 2.59 bits per heavy atom. The molecule has 8 heteroatoms. The first-order valence-electron chi connectivity index (χ1n) is 12.0. The van der Waals surface area contributed by atoms with E-state index in [0.29, 0.717) is 24.4 Å². The molecule has 1 fully saturated rings. The maximum Gasteiger partial charge on any atom is 0.263 e. The number of nitrogens with one attached hydrogen (secondary N) is 1. The van der Waals surface area contributed by atoms with Gasteiger partial charge >= 0.3 is 0 Å². The molecule has 0 aromatic heterocycles. The van der Waals surface area contributed by atoms with Crippen LogP contribution in [0.4, 0.5) is 0 Å². The molecule has 1 saturated heterocycles. The number of unbranched alkanes of at least 4 members (excludes halogenated alkanes) is 2. The third-order valence-corrected chi connectivity index (χ3v) is 7.95. The molecule has 182 valence electrons.